The zero-order chi connectivity index (χ0) is 34.7. The minimum atomic E-state index is -0.710. The number of nitrogens with two attached hydrogens (primary N) is 1. The molecule has 6 rings (SSSR count). The van der Waals surface area contributed by atoms with Crippen LogP contribution >= 0.6 is 58.0 Å². The summed E-state index contributed by atoms with van der Waals surface area (Å²) < 4.78 is 13.9. The molecule has 2 amide bonds. The van der Waals surface area contributed by atoms with Crippen LogP contribution in [0.2, 0.25) is 0 Å². The molecule has 0 spiro atoms. The Labute approximate surface area is 305 Å². The first-order valence-electron chi connectivity index (χ1n) is 15.5. The van der Waals surface area contributed by atoms with Crippen LogP contribution in [0.15, 0.2) is 91.7 Å². The third kappa shape index (κ3) is 8.05. The minimum absolute atomic E-state index is 0.0554. The molecule has 4 heterocycles. The van der Waals surface area contributed by atoms with E-state index >= 15 is 0 Å². The van der Waals surface area contributed by atoms with Crippen molar-refractivity contribution in [3.8, 4) is 0 Å². The Kier molecular flexibility index (Phi) is 11.1. The van der Waals surface area contributed by atoms with Crippen molar-refractivity contribution in [2.45, 2.75) is 53.9 Å². The number of carbonyl (C=O) groups excluding carboxylic acids is 3. The Morgan fingerprint density at radius 2 is 1.71 bits per heavy atom. The number of rotatable bonds is 11. The van der Waals surface area contributed by atoms with E-state index in [9.17, 15) is 19.2 Å². The fourth-order valence-electron chi connectivity index (χ4n) is 5.27. The fraction of sp³-hybridized carbons (Fsp3) is 0.314. The summed E-state index contributed by atoms with van der Waals surface area (Å²) in [6.45, 7) is 5.80. The van der Waals surface area contributed by atoms with Crippen LogP contribution in [0, 0.1) is 0 Å². The number of thiophene rings is 1. The van der Waals surface area contributed by atoms with Crippen molar-refractivity contribution in [2.24, 2.45) is 5.73 Å². The molecule has 256 valence electrons. The van der Waals surface area contributed by atoms with Gasteiger partial charge in [-0.05, 0) is 43.3 Å². The predicted molar refractivity (Wildman–Crippen MR) is 201 cm³/mol. The molecule has 2 aliphatic rings. The van der Waals surface area contributed by atoms with Gasteiger partial charge in [-0.3, -0.25) is 14.5 Å². The van der Waals surface area contributed by atoms with Gasteiger partial charge in [0.2, 0.25) is 11.3 Å². The summed E-state index contributed by atoms with van der Waals surface area (Å²) in [5.74, 6) is 0.427. The first-order chi connectivity index (χ1) is 23.5. The summed E-state index contributed by atoms with van der Waals surface area (Å²) in [5.41, 5.74) is 7.92. The molecule has 2 aromatic heterocycles. The SMILES string of the molecule is CC(C)(C)OC(=O)NCCSCc1c(SC2=C(C(=O)OC(c3ccccc3)c3ccccc3)N3C(=O)[C@@H](N)[C@H]3SC2)sc2ccsc2c1=O. The van der Waals surface area contributed by atoms with Crippen LogP contribution in [0.4, 0.5) is 4.79 Å². The average molecular weight is 754 g/mol. The molecule has 2 aromatic carbocycles. The van der Waals surface area contributed by atoms with E-state index in [0.29, 0.717) is 39.0 Å². The van der Waals surface area contributed by atoms with Gasteiger partial charge >= 0.3 is 12.1 Å². The van der Waals surface area contributed by atoms with E-state index < -0.39 is 29.8 Å². The Morgan fingerprint density at radius 1 is 1.04 bits per heavy atom. The van der Waals surface area contributed by atoms with Gasteiger partial charge in [-0.25, -0.2) is 9.59 Å². The van der Waals surface area contributed by atoms with Gasteiger partial charge in [-0.2, -0.15) is 11.8 Å². The van der Waals surface area contributed by atoms with Crippen LogP contribution in [0.25, 0.3) is 9.40 Å². The Hall–Kier alpha value is -3.27. The molecular weight excluding hydrogens is 719 g/mol. The maximum Gasteiger partial charge on any atom is 0.407 e. The summed E-state index contributed by atoms with van der Waals surface area (Å²) in [4.78, 5) is 55.4. The molecule has 9 nitrogen and oxygen atoms in total. The van der Waals surface area contributed by atoms with E-state index in [1.54, 1.807) is 20.8 Å². The quantitative estimate of drug-likeness (QED) is 0.0943. The van der Waals surface area contributed by atoms with Crippen LogP contribution in [0.3, 0.4) is 0 Å². The molecule has 0 aliphatic carbocycles. The second-order valence-corrected chi connectivity index (χ2v) is 17.8. The third-order valence-electron chi connectivity index (χ3n) is 7.53. The summed E-state index contributed by atoms with van der Waals surface area (Å²) in [6, 6.07) is 20.2. The normalized spacial score (nSPS) is 17.6. The standard InChI is InChI=1S/C35H35N3O6S5/c1-35(2,3)44-34(42)37-15-17-45-18-22-27(39)29-23(14-16-46-29)48-33(22)49-24-19-47-31-25(36)30(40)38(31)26(24)32(41)43-28(20-10-6-4-7-11-20)21-12-8-5-9-13-21/h4-14,16,25,28,31H,15,17-19,36H2,1-3H3,(H,37,42)/t25-,31-/m1/s1. The largest absolute Gasteiger partial charge is 0.448 e. The molecule has 0 unspecified atom stereocenters. The van der Waals surface area contributed by atoms with Crippen molar-refractivity contribution < 1.29 is 23.9 Å². The molecule has 4 aromatic rings. The van der Waals surface area contributed by atoms with Crippen LogP contribution in [0.5, 0.6) is 0 Å². The topological polar surface area (TPSA) is 128 Å². The number of β-lactam (4-membered cyclic amide) rings is 1. The van der Waals surface area contributed by atoms with Crippen molar-refractivity contribution in [3.05, 3.63) is 110 Å². The van der Waals surface area contributed by atoms with Gasteiger partial charge < -0.3 is 20.5 Å². The number of carbonyl (C=O) groups is 3. The lowest BCUT2D eigenvalue weighted by Crippen LogP contribution is -2.68. The van der Waals surface area contributed by atoms with E-state index in [4.69, 9.17) is 15.2 Å². The summed E-state index contributed by atoms with van der Waals surface area (Å²) in [6.07, 6.45) is -1.19. The fourth-order valence-corrected chi connectivity index (χ4v) is 11.4. The number of nitrogens with zero attached hydrogens (tertiary/aromatic N) is 1. The highest BCUT2D eigenvalue weighted by atomic mass is 32.2. The summed E-state index contributed by atoms with van der Waals surface area (Å²) >= 11 is 7.26. The van der Waals surface area contributed by atoms with Gasteiger partial charge in [0.1, 0.15) is 22.7 Å². The Bertz CT molecular complexity index is 1900. The Morgan fingerprint density at radius 3 is 2.37 bits per heavy atom. The van der Waals surface area contributed by atoms with Crippen molar-refractivity contribution in [1.82, 2.24) is 10.2 Å². The number of benzene rings is 2. The number of esters is 1. The smallest absolute Gasteiger partial charge is 0.407 e. The van der Waals surface area contributed by atoms with Crippen LogP contribution in [-0.2, 0) is 24.8 Å². The van der Waals surface area contributed by atoms with Gasteiger partial charge in [0.25, 0.3) is 0 Å². The maximum absolute atomic E-state index is 14.3. The number of thioether (sulfide) groups is 3. The first-order valence-corrected chi connectivity index (χ1v) is 20.2. The maximum atomic E-state index is 14.3. The van der Waals surface area contributed by atoms with Crippen molar-refractivity contribution in [1.29, 1.82) is 0 Å². The van der Waals surface area contributed by atoms with Crippen molar-refractivity contribution in [2.75, 3.05) is 18.1 Å². The second-order valence-electron chi connectivity index (χ2n) is 12.2. The number of amides is 2. The number of hydrogen-bond donors (Lipinski definition) is 2. The molecule has 49 heavy (non-hydrogen) atoms. The van der Waals surface area contributed by atoms with Gasteiger partial charge in [0.05, 0.1) is 13.6 Å². The molecule has 2 atom stereocenters. The van der Waals surface area contributed by atoms with E-state index in [1.807, 2.05) is 72.1 Å². The van der Waals surface area contributed by atoms with Gasteiger partial charge in [-0.15, -0.1) is 34.4 Å². The highest BCUT2D eigenvalue weighted by molar-refractivity contribution is 8.07. The molecular formula is C35H35N3O6S5. The van der Waals surface area contributed by atoms with Crippen molar-refractivity contribution in [3.63, 3.8) is 0 Å². The zero-order valence-corrected chi connectivity index (χ0v) is 31.1. The third-order valence-corrected chi connectivity index (χ3v) is 13.6. The van der Waals surface area contributed by atoms with Gasteiger partial charge in [-0.1, -0.05) is 72.4 Å². The number of hydrogen-bond acceptors (Lipinski definition) is 12. The van der Waals surface area contributed by atoms with Crippen molar-refractivity contribution >= 4 is 85.3 Å². The summed E-state index contributed by atoms with van der Waals surface area (Å²) in [5, 5.41) is 4.28. The minimum Gasteiger partial charge on any atom is -0.448 e. The van der Waals surface area contributed by atoms with Gasteiger partial charge in [0.15, 0.2) is 6.10 Å². The molecule has 1 saturated heterocycles. The van der Waals surface area contributed by atoms with Crippen LogP contribution < -0.4 is 16.5 Å². The summed E-state index contributed by atoms with van der Waals surface area (Å²) in [7, 11) is 0. The van der Waals surface area contributed by atoms with E-state index in [2.05, 4.69) is 5.32 Å². The molecule has 0 saturated carbocycles. The molecule has 1 fully saturated rings. The van der Waals surface area contributed by atoms with E-state index in [0.717, 1.165) is 20.0 Å². The first kappa shape index (κ1) is 35.6. The lowest BCUT2D eigenvalue weighted by molar-refractivity contribution is -0.152. The molecule has 0 bridgehead atoms. The lowest BCUT2D eigenvalue weighted by Gasteiger charge is -2.48. The lowest BCUT2D eigenvalue weighted by atomic mass is 10.0. The second kappa shape index (κ2) is 15.3. The predicted octanol–water partition coefficient (Wildman–Crippen LogP) is 6.96. The molecule has 3 N–H and O–H groups in total. The number of fused-ring (bicyclic) bond motifs is 2. The average Bonchev–Trinajstić information content (AvgIpc) is 3.56. The molecule has 0 radical (unpaired) electrons. The highest BCUT2D eigenvalue weighted by Crippen LogP contribution is 2.47. The number of alkyl carbamates (subject to hydrolysis) is 1. The van der Waals surface area contributed by atoms with Gasteiger partial charge in [0, 0.05) is 34.3 Å². The van der Waals surface area contributed by atoms with E-state index in [-0.39, 0.29) is 22.4 Å². The molecule has 14 heteroatoms. The Balaban J connectivity index is 1.30. The van der Waals surface area contributed by atoms with Crippen LogP contribution in [0.1, 0.15) is 43.6 Å². The number of ether oxygens (including phenoxy) is 2. The monoisotopic (exact) mass is 753 g/mol. The van der Waals surface area contributed by atoms with Crippen LogP contribution in [-0.4, -0.2) is 57.9 Å². The van der Waals surface area contributed by atoms with E-state index in [1.165, 1.54) is 62.9 Å². The zero-order valence-electron chi connectivity index (χ0n) is 27.0. The highest BCUT2D eigenvalue weighted by Gasteiger charge is 2.52. The number of nitrogens with one attached hydrogen (secondary N) is 1. The molecule has 2 aliphatic heterocycles.